The van der Waals surface area contributed by atoms with Crippen LogP contribution in [0.2, 0.25) is 18.1 Å². The molecule has 1 spiro atoms. The van der Waals surface area contributed by atoms with Crippen LogP contribution in [0.25, 0.3) is 0 Å². The van der Waals surface area contributed by atoms with E-state index in [1.807, 2.05) is 6.08 Å². The topological polar surface area (TPSA) is 90.9 Å². The normalized spacial score (nSPS) is 47.0. The summed E-state index contributed by atoms with van der Waals surface area (Å²) in [4.78, 5) is 13.8. The number of rotatable bonds is 8. The van der Waals surface area contributed by atoms with Gasteiger partial charge in [0.25, 0.3) is 0 Å². The maximum absolute atomic E-state index is 13.8. The van der Waals surface area contributed by atoms with E-state index in [0.29, 0.717) is 18.3 Å². The number of carbonyl (C=O) groups is 1. The van der Waals surface area contributed by atoms with Gasteiger partial charge in [-0.3, -0.25) is 4.79 Å². The lowest BCUT2D eigenvalue weighted by Crippen LogP contribution is -2.54. The second-order valence-corrected chi connectivity index (χ2v) is 24.9. The molecule has 18 atom stereocenters. The van der Waals surface area contributed by atoms with Gasteiger partial charge in [0, 0.05) is 38.2 Å². The zero-order chi connectivity index (χ0) is 40.9. The van der Waals surface area contributed by atoms with Crippen LogP contribution in [0.3, 0.4) is 0 Å². The predicted molar refractivity (Wildman–Crippen MR) is 227 cm³/mol. The molecule has 0 aliphatic carbocycles. The average molecular weight is 825 g/mol. The Morgan fingerprint density at radius 2 is 1.52 bits per heavy atom. The number of ether oxygens (including phenoxy) is 7. The summed E-state index contributed by atoms with van der Waals surface area (Å²) in [6, 6.07) is 3.47. The van der Waals surface area contributed by atoms with Crippen LogP contribution in [0.15, 0.2) is 36.5 Å². The van der Waals surface area contributed by atoms with Crippen molar-refractivity contribution >= 4 is 14.1 Å². The van der Waals surface area contributed by atoms with Gasteiger partial charge in [-0.05, 0) is 110 Å². The first-order chi connectivity index (χ1) is 27.8. The largest absolute Gasteiger partial charge is 0.417 e. The van der Waals surface area contributed by atoms with Crippen molar-refractivity contribution in [2.45, 2.75) is 223 Å². The molecule has 9 nitrogen and oxygen atoms in total. The first kappa shape index (κ1) is 43.4. The summed E-state index contributed by atoms with van der Waals surface area (Å²) in [7, 11) is -1.68. The lowest BCUT2D eigenvalue weighted by molar-refractivity contribution is -0.263. The lowest BCUT2D eigenvalue weighted by Gasteiger charge is -2.42. The molecule has 9 aliphatic rings. The van der Waals surface area contributed by atoms with Crippen LogP contribution in [0.1, 0.15) is 126 Å². The van der Waals surface area contributed by atoms with E-state index in [9.17, 15) is 4.79 Å². The van der Waals surface area contributed by atoms with Gasteiger partial charge in [-0.25, -0.2) is 0 Å². The number of hydrogen-bond acceptors (Lipinski definition) is 9. The summed E-state index contributed by atoms with van der Waals surface area (Å²) in [6.45, 7) is 25.9. The quantitative estimate of drug-likeness (QED) is 0.176. The number of ketones is 1. The third-order valence-electron chi connectivity index (χ3n) is 16.4. The van der Waals surface area contributed by atoms with E-state index in [1.54, 1.807) is 0 Å². The minimum absolute atomic E-state index is 0.00161. The van der Waals surface area contributed by atoms with E-state index in [0.717, 1.165) is 101 Å². The summed E-state index contributed by atoms with van der Waals surface area (Å²) in [5.41, 5.74) is 2.34. The fraction of sp³-hybridized carbons (Fsp3) is 0.854. The average Bonchev–Trinajstić information content (AvgIpc) is 3.87. The summed E-state index contributed by atoms with van der Waals surface area (Å²) < 4.78 is 54.7. The minimum Gasteiger partial charge on any atom is -0.417 e. The van der Waals surface area contributed by atoms with Crippen LogP contribution in [-0.4, -0.2) is 99.7 Å². The molecule has 9 aliphatic heterocycles. The van der Waals surface area contributed by atoms with Crippen molar-refractivity contribution in [2.24, 2.45) is 29.6 Å². The van der Waals surface area contributed by atoms with E-state index >= 15 is 0 Å². The van der Waals surface area contributed by atoms with Crippen LogP contribution in [0.5, 0.6) is 0 Å². The summed E-state index contributed by atoms with van der Waals surface area (Å²) in [5.74, 6) is 0.722. The highest BCUT2D eigenvalue weighted by Crippen LogP contribution is 2.54. The molecule has 58 heavy (non-hydrogen) atoms. The Kier molecular flexibility index (Phi) is 13.4. The summed E-state index contributed by atoms with van der Waals surface area (Å²) in [5, 5.41) is 0. The van der Waals surface area contributed by atoms with Crippen molar-refractivity contribution < 1.29 is 42.4 Å². The third-order valence-corrected chi connectivity index (χ3v) is 21.0. The van der Waals surface area contributed by atoms with Crippen molar-refractivity contribution in [3.63, 3.8) is 0 Å². The van der Waals surface area contributed by atoms with Crippen molar-refractivity contribution in [3.05, 3.63) is 36.5 Å². The summed E-state index contributed by atoms with van der Waals surface area (Å²) in [6.07, 6.45) is 13.4. The first-order valence-corrected chi connectivity index (χ1v) is 26.2. The van der Waals surface area contributed by atoms with Gasteiger partial charge in [0.05, 0.1) is 54.9 Å². The van der Waals surface area contributed by atoms with Crippen molar-refractivity contribution in [1.82, 2.24) is 0 Å². The highest BCUT2D eigenvalue weighted by atomic mass is 28.4. The monoisotopic (exact) mass is 825 g/mol. The molecule has 9 heterocycles. The minimum atomic E-state index is -1.68. The molecule has 10 heteroatoms. The Morgan fingerprint density at radius 1 is 0.793 bits per heavy atom. The zero-order valence-corrected chi connectivity index (χ0v) is 37.9. The van der Waals surface area contributed by atoms with Gasteiger partial charge >= 0.3 is 0 Å². The van der Waals surface area contributed by atoms with Gasteiger partial charge in [-0.2, -0.15) is 0 Å². The first-order valence-electron chi connectivity index (χ1n) is 23.7. The Bertz CT molecular complexity index is 1500. The molecular weight excluding hydrogens is 749 g/mol. The molecule has 0 amide bonds. The fourth-order valence-electron chi connectivity index (χ4n) is 12.3. The third kappa shape index (κ3) is 8.72. The number of hydrogen-bond donors (Lipinski definition) is 0. The standard InChI is InChI=1S/C48H76O9Si/c1-10-58(11-2,12-3)50-27-28(4)21-40-32(8)37-24-34(49)15-13-14-16-39-33(9)44-46-47(54-39)45-43(55-46)26-48(56-44,57-45)20-19-36-23-30(6)38(51-36)18-17-35-22-29(5)31(7)41(52-35)25-42(37)53-40/h13,15,28-29,32-33,35-47H,6-7,10-12,14,16-27H2,1-5,8-9H3/b15-13+/t28-,29+,32+,33-,35-,36+,37+,38?,39-,40+,41?,42-,43+,44-,45-,46-,47-,48+/m0/s1. The van der Waals surface area contributed by atoms with Crippen LogP contribution < -0.4 is 0 Å². The van der Waals surface area contributed by atoms with Crippen LogP contribution in [0, 0.1) is 29.6 Å². The zero-order valence-electron chi connectivity index (χ0n) is 36.9. The Balaban J connectivity index is 0.998. The van der Waals surface area contributed by atoms with Gasteiger partial charge in [0.2, 0.25) is 0 Å². The van der Waals surface area contributed by atoms with E-state index in [-0.39, 0.29) is 96.8 Å². The molecule has 0 N–H and O–H groups in total. The summed E-state index contributed by atoms with van der Waals surface area (Å²) >= 11 is 0. The van der Waals surface area contributed by atoms with Gasteiger partial charge in [0.1, 0.15) is 18.3 Å². The molecule has 0 radical (unpaired) electrons. The second kappa shape index (κ2) is 17.9. The molecule has 8 fully saturated rings. The Morgan fingerprint density at radius 3 is 2.29 bits per heavy atom. The maximum Gasteiger partial charge on any atom is 0.191 e. The number of fused-ring (bicyclic) bond motifs is 6. The molecule has 9 rings (SSSR count). The van der Waals surface area contributed by atoms with Crippen molar-refractivity contribution in [3.8, 4) is 0 Å². The second-order valence-electron chi connectivity index (χ2n) is 20.1. The molecule has 0 aromatic carbocycles. The van der Waals surface area contributed by atoms with Gasteiger partial charge in [-0.1, -0.05) is 67.7 Å². The van der Waals surface area contributed by atoms with Crippen molar-refractivity contribution in [1.29, 1.82) is 0 Å². The van der Waals surface area contributed by atoms with E-state index in [1.165, 1.54) is 5.57 Å². The molecule has 2 unspecified atom stereocenters. The Hall–Kier alpha value is -1.21. The van der Waals surface area contributed by atoms with Crippen molar-refractivity contribution in [2.75, 3.05) is 6.61 Å². The maximum atomic E-state index is 13.8. The number of allylic oxidation sites excluding steroid dienone is 2. The van der Waals surface area contributed by atoms with Crippen LogP contribution in [0.4, 0.5) is 0 Å². The SMILES string of the molecule is C=C1C[C@H]2CC[C@@]34C[C@H]5O[C@@H]6[C@@H](O[C@@H](CC/C=C/C(=O)C[C@@H]7[C@@H](C)[C@@H](C[C@H](C)CO[Si](CC)(CC)CC)O[C@H]7CC7O[C@@H](CCC1O2)C[C@@H](C)C7=C)[C@H](C)[C@@H]6O3)[C@H]5O4. The molecule has 11 bridgehead atoms. The van der Waals surface area contributed by atoms with Gasteiger partial charge < -0.3 is 37.6 Å². The van der Waals surface area contributed by atoms with E-state index in [4.69, 9.17) is 37.6 Å². The molecule has 326 valence electrons. The fourth-order valence-corrected chi connectivity index (χ4v) is 15.0. The molecular formula is C48H76O9Si. The van der Waals surface area contributed by atoms with Gasteiger partial charge in [-0.15, -0.1) is 0 Å². The highest BCUT2D eigenvalue weighted by Gasteiger charge is 2.67. The van der Waals surface area contributed by atoms with E-state index < -0.39 is 14.1 Å². The van der Waals surface area contributed by atoms with Gasteiger partial charge in [0.15, 0.2) is 19.9 Å². The molecule has 0 aromatic heterocycles. The van der Waals surface area contributed by atoms with Crippen LogP contribution in [-0.2, 0) is 42.4 Å². The highest BCUT2D eigenvalue weighted by molar-refractivity contribution is 6.73. The smallest absolute Gasteiger partial charge is 0.191 e. The molecule has 0 aromatic rings. The predicted octanol–water partition coefficient (Wildman–Crippen LogP) is 9.43. The molecule has 0 saturated carbocycles. The lowest BCUT2D eigenvalue weighted by atomic mass is 9.79. The van der Waals surface area contributed by atoms with Crippen LogP contribution >= 0.6 is 0 Å². The van der Waals surface area contributed by atoms with E-state index in [2.05, 4.69) is 67.7 Å². The number of carbonyl (C=O) groups excluding carboxylic acids is 1. The Labute approximate surface area is 350 Å². The molecule has 8 saturated heterocycles.